The molecule has 100 valence electrons. The maximum atomic E-state index is 12.1. The molecule has 1 aromatic rings. The lowest BCUT2D eigenvalue weighted by Crippen LogP contribution is -2.38. The van der Waals surface area contributed by atoms with Crippen LogP contribution in [0, 0.1) is 6.92 Å². The van der Waals surface area contributed by atoms with E-state index in [2.05, 4.69) is 14.5 Å². The number of rotatable bonds is 4. The van der Waals surface area contributed by atoms with E-state index in [9.17, 15) is 4.79 Å². The van der Waals surface area contributed by atoms with E-state index in [4.69, 9.17) is 0 Å². The Morgan fingerprint density at radius 3 is 2.72 bits per heavy atom. The molecule has 1 fully saturated rings. The van der Waals surface area contributed by atoms with E-state index in [1.54, 1.807) is 4.90 Å². The summed E-state index contributed by atoms with van der Waals surface area (Å²) >= 11 is 1.18. The molecule has 0 bridgehead atoms. The van der Waals surface area contributed by atoms with Gasteiger partial charge in [-0.2, -0.15) is 0 Å². The van der Waals surface area contributed by atoms with Gasteiger partial charge < -0.3 is 9.80 Å². The standard InChI is InChI=1S/C12H20N4OS/c1-10-11(18-14-13-10)12(17)15(2)8-9-16-6-4-3-5-7-16/h3-9H2,1-2H3. The summed E-state index contributed by atoms with van der Waals surface area (Å²) in [5.41, 5.74) is 0.731. The van der Waals surface area contributed by atoms with Gasteiger partial charge in [0, 0.05) is 20.1 Å². The number of likely N-dealkylation sites (N-methyl/N-ethyl adjacent to an activating group) is 1. The number of carbonyl (C=O) groups is 1. The first-order valence-corrected chi connectivity index (χ1v) is 7.22. The van der Waals surface area contributed by atoms with E-state index >= 15 is 0 Å². The van der Waals surface area contributed by atoms with Gasteiger partial charge in [0.25, 0.3) is 5.91 Å². The predicted molar refractivity (Wildman–Crippen MR) is 71.9 cm³/mol. The third-order valence-electron chi connectivity index (χ3n) is 3.39. The van der Waals surface area contributed by atoms with E-state index in [1.807, 2.05) is 14.0 Å². The Morgan fingerprint density at radius 1 is 1.39 bits per heavy atom. The van der Waals surface area contributed by atoms with Crippen molar-refractivity contribution < 1.29 is 4.79 Å². The van der Waals surface area contributed by atoms with Crippen LogP contribution in [0.25, 0.3) is 0 Å². The van der Waals surface area contributed by atoms with Crippen molar-refractivity contribution in [1.29, 1.82) is 0 Å². The van der Waals surface area contributed by atoms with Gasteiger partial charge in [-0.15, -0.1) is 5.10 Å². The van der Waals surface area contributed by atoms with Gasteiger partial charge in [-0.25, -0.2) is 0 Å². The number of amides is 1. The van der Waals surface area contributed by atoms with Crippen LogP contribution in [-0.2, 0) is 0 Å². The van der Waals surface area contributed by atoms with E-state index in [0.29, 0.717) is 4.88 Å². The third-order valence-corrected chi connectivity index (χ3v) is 4.21. The molecule has 1 saturated heterocycles. The molecule has 0 atom stereocenters. The van der Waals surface area contributed by atoms with E-state index in [1.165, 1.54) is 43.9 Å². The summed E-state index contributed by atoms with van der Waals surface area (Å²) in [7, 11) is 1.85. The molecule has 5 nitrogen and oxygen atoms in total. The molecule has 0 saturated carbocycles. The molecule has 0 radical (unpaired) electrons. The molecule has 0 unspecified atom stereocenters. The molecule has 1 aromatic heterocycles. The van der Waals surface area contributed by atoms with Gasteiger partial charge >= 0.3 is 0 Å². The summed E-state index contributed by atoms with van der Waals surface area (Å²) in [6.45, 7) is 5.91. The Morgan fingerprint density at radius 2 is 2.11 bits per heavy atom. The second-order valence-corrected chi connectivity index (χ2v) is 5.57. The van der Waals surface area contributed by atoms with Crippen molar-refractivity contribution in [1.82, 2.24) is 19.4 Å². The average Bonchev–Trinajstić information content (AvgIpc) is 2.82. The van der Waals surface area contributed by atoms with Crippen molar-refractivity contribution in [2.75, 3.05) is 33.2 Å². The van der Waals surface area contributed by atoms with Gasteiger partial charge in [0.15, 0.2) is 0 Å². The van der Waals surface area contributed by atoms with Crippen molar-refractivity contribution >= 4 is 17.4 Å². The highest BCUT2D eigenvalue weighted by Crippen LogP contribution is 2.12. The summed E-state index contributed by atoms with van der Waals surface area (Å²) in [4.78, 5) is 17.0. The fraction of sp³-hybridized carbons (Fsp3) is 0.750. The topological polar surface area (TPSA) is 49.3 Å². The summed E-state index contributed by atoms with van der Waals surface area (Å²) < 4.78 is 3.81. The number of nitrogens with zero attached hydrogens (tertiary/aromatic N) is 4. The van der Waals surface area contributed by atoms with Gasteiger partial charge in [0.2, 0.25) is 0 Å². The van der Waals surface area contributed by atoms with Crippen LogP contribution < -0.4 is 0 Å². The summed E-state index contributed by atoms with van der Waals surface area (Å²) in [5, 5.41) is 3.88. The van der Waals surface area contributed by atoms with Crippen molar-refractivity contribution in [3.05, 3.63) is 10.6 Å². The molecule has 0 spiro atoms. The molecule has 2 heterocycles. The zero-order valence-corrected chi connectivity index (χ0v) is 11.9. The zero-order valence-electron chi connectivity index (χ0n) is 11.1. The summed E-state index contributed by atoms with van der Waals surface area (Å²) in [6.07, 6.45) is 3.92. The SMILES string of the molecule is Cc1nnsc1C(=O)N(C)CCN1CCCCC1. The van der Waals surface area contributed by atoms with Gasteiger partial charge in [0.1, 0.15) is 4.88 Å². The normalized spacial score (nSPS) is 16.8. The Labute approximate surface area is 112 Å². The monoisotopic (exact) mass is 268 g/mol. The van der Waals surface area contributed by atoms with Gasteiger partial charge in [0.05, 0.1) is 5.69 Å². The van der Waals surface area contributed by atoms with Gasteiger partial charge in [-0.1, -0.05) is 10.9 Å². The van der Waals surface area contributed by atoms with Gasteiger partial charge in [-0.3, -0.25) is 4.79 Å². The largest absolute Gasteiger partial charge is 0.340 e. The van der Waals surface area contributed by atoms with E-state index < -0.39 is 0 Å². The molecule has 0 aliphatic carbocycles. The molecule has 1 amide bonds. The smallest absolute Gasteiger partial charge is 0.267 e. The van der Waals surface area contributed by atoms with Crippen LogP contribution in [-0.4, -0.2) is 58.5 Å². The Kier molecular flexibility index (Phi) is 4.66. The van der Waals surface area contributed by atoms with Crippen LogP contribution >= 0.6 is 11.5 Å². The molecular weight excluding hydrogens is 248 g/mol. The fourth-order valence-electron chi connectivity index (χ4n) is 2.18. The number of likely N-dealkylation sites (tertiary alicyclic amines) is 1. The van der Waals surface area contributed by atoms with Crippen molar-refractivity contribution in [2.24, 2.45) is 0 Å². The van der Waals surface area contributed by atoms with Crippen LogP contribution in [0.3, 0.4) is 0 Å². The molecule has 2 rings (SSSR count). The molecule has 1 aliphatic heterocycles. The second-order valence-electron chi connectivity index (χ2n) is 4.82. The number of piperidine rings is 1. The van der Waals surface area contributed by atoms with Crippen LogP contribution in [0.5, 0.6) is 0 Å². The first kappa shape index (κ1) is 13.4. The minimum absolute atomic E-state index is 0.0412. The third kappa shape index (κ3) is 3.26. The average molecular weight is 268 g/mol. The Balaban J connectivity index is 1.82. The lowest BCUT2D eigenvalue weighted by atomic mass is 10.1. The zero-order chi connectivity index (χ0) is 13.0. The highest BCUT2D eigenvalue weighted by molar-refractivity contribution is 7.07. The van der Waals surface area contributed by atoms with Crippen molar-refractivity contribution in [3.63, 3.8) is 0 Å². The number of hydrogen-bond acceptors (Lipinski definition) is 5. The molecule has 6 heteroatoms. The van der Waals surface area contributed by atoms with Gasteiger partial charge in [-0.05, 0) is 44.4 Å². The lowest BCUT2D eigenvalue weighted by molar-refractivity contribution is 0.0776. The number of aryl methyl sites for hydroxylation is 1. The Hall–Kier alpha value is -1.01. The minimum atomic E-state index is 0.0412. The molecule has 0 aromatic carbocycles. The van der Waals surface area contributed by atoms with Crippen molar-refractivity contribution in [2.45, 2.75) is 26.2 Å². The lowest BCUT2D eigenvalue weighted by Gasteiger charge is -2.28. The van der Waals surface area contributed by atoms with Crippen LogP contribution in [0.15, 0.2) is 0 Å². The van der Waals surface area contributed by atoms with Crippen LogP contribution in [0.4, 0.5) is 0 Å². The number of aromatic nitrogens is 2. The molecule has 18 heavy (non-hydrogen) atoms. The highest BCUT2D eigenvalue weighted by Gasteiger charge is 2.18. The van der Waals surface area contributed by atoms with Crippen LogP contribution in [0.2, 0.25) is 0 Å². The maximum Gasteiger partial charge on any atom is 0.267 e. The van der Waals surface area contributed by atoms with Crippen LogP contribution in [0.1, 0.15) is 34.6 Å². The molecule has 1 aliphatic rings. The molecule has 0 N–H and O–H groups in total. The van der Waals surface area contributed by atoms with E-state index in [-0.39, 0.29) is 5.91 Å². The number of hydrogen-bond donors (Lipinski definition) is 0. The first-order valence-electron chi connectivity index (χ1n) is 6.45. The molecular formula is C12H20N4OS. The Bertz CT molecular complexity index is 401. The minimum Gasteiger partial charge on any atom is -0.340 e. The first-order chi connectivity index (χ1) is 8.68. The highest BCUT2D eigenvalue weighted by atomic mass is 32.1. The van der Waals surface area contributed by atoms with Crippen molar-refractivity contribution in [3.8, 4) is 0 Å². The predicted octanol–water partition coefficient (Wildman–Crippen LogP) is 1.40. The second kappa shape index (κ2) is 6.24. The van der Waals surface area contributed by atoms with E-state index in [0.717, 1.165) is 18.8 Å². The quantitative estimate of drug-likeness (QED) is 0.828. The fourth-order valence-corrected chi connectivity index (χ4v) is 2.83. The summed E-state index contributed by atoms with van der Waals surface area (Å²) in [6, 6.07) is 0. The summed E-state index contributed by atoms with van der Waals surface area (Å²) in [5.74, 6) is 0.0412. The number of carbonyl (C=O) groups excluding carboxylic acids is 1. The maximum absolute atomic E-state index is 12.1.